The molecular formula is C4H9ClN2. The minimum Gasteiger partial charge on any atom is -0.315 e. The molecule has 2 nitrogen and oxygen atoms in total. The van der Waals surface area contributed by atoms with Gasteiger partial charge in [-0.15, -0.1) is 0 Å². The van der Waals surface area contributed by atoms with Crippen molar-refractivity contribution in [2.75, 3.05) is 13.1 Å². The summed E-state index contributed by atoms with van der Waals surface area (Å²) in [5, 5.41) is 3.18. The van der Waals surface area contributed by atoms with Crippen LogP contribution in [0.3, 0.4) is 0 Å². The number of hydrogen-bond acceptors (Lipinski definition) is 2. The van der Waals surface area contributed by atoms with Crippen molar-refractivity contribution in [3.8, 4) is 0 Å². The smallest absolute Gasteiger partial charge is 0.0357 e. The van der Waals surface area contributed by atoms with Gasteiger partial charge in [0.05, 0.1) is 0 Å². The zero-order valence-electron chi connectivity index (χ0n) is 4.08. The number of hydrogen-bond donors (Lipinski definition) is 2. The Morgan fingerprint density at radius 3 is 2.86 bits per heavy atom. The predicted octanol–water partition coefficient (Wildman–Crippen LogP) is 0.0917. The van der Waals surface area contributed by atoms with Gasteiger partial charge in [0.1, 0.15) is 0 Å². The number of halogens is 1. The zero-order chi connectivity index (χ0) is 5.11. The molecule has 1 heterocycles. The molecule has 1 fully saturated rings. The second kappa shape index (κ2) is 2.50. The lowest BCUT2D eigenvalue weighted by atomic mass is 10.3. The van der Waals surface area contributed by atoms with Crippen LogP contribution in [0.2, 0.25) is 0 Å². The third-order valence-corrected chi connectivity index (χ3v) is 1.52. The van der Waals surface area contributed by atoms with Gasteiger partial charge in [-0.05, 0) is 24.7 Å². The van der Waals surface area contributed by atoms with Gasteiger partial charge in [-0.3, -0.25) is 0 Å². The van der Waals surface area contributed by atoms with E-state index in [0.29, 0.717) is 6.04 Å². The molecule has 0 radical (unpaired) electrons. The van der Waals surface area contributed by atoms with Gasteiger partial charge >= 0.3 is 0 Å². The molecular weight excluding hydrogens is 112 g/mol. The normalized spacial score (nSPS) is 31.3. The molecule has 0 unspecified atom stereocenters. The van der Waals surface area contributed by atoms with E-state index in [4.69, 9.17) is 11.8 Å². The van der Waals surface area contributed by atoms with Crippen molar-refractivity contribution in [1.29, 1.82) is 0 Å². The molecule has 1 atom stereocenters. The Kier molecular flexibility index (Phi) is 1.91. The van der Waals surface area contributed by atoms with Crippen molar-refractivity contribution in [3.05, 3.63) is 0 Å². The lowest BCUT2D eigenvalue weighted by molar-refractivity contribution is 0.685. The summed E-state index contributed by atoms with van der Waals surface area (Å²) < 4.78 is 0. The fourth-order valence-electron chi connectivity index (χ4n) is 0.748. The maximum Gasteiger partial charge on any atom is 0.0357 e. The summed E-state index contributed by atoms with van der Waals surface area (Å²) in [5.41, 5.74) is 0. The van der Waals surface area contributed by atoms with Crippen LogP contribution in [-0.2, 0) is 0 Å². The van der Waals surface area contributed by atoms with E-state index in [0.717, 1.165) is 19.5 Å². The van der Waals surface area contributed by atoms with E-state index in [1.54, 1.807) is 0 Å². The first-order chi connectivity index (χ1) is 3.43. The quantitative estimate of drug-likeness (QED) is 0.480. The average molecular weight is 121 g/mol. The highest BCUT2D eigenvalue weighted by atomic mass is 35.5. The Balaban J connectivity index is 2.14. The van der Waals surface area contributed by atoms with Gasteiger partial charge in [0.2, 0.25) is 0 Å². The summed E-state index contributed by atoms with van der Waals surface area (Å²) in [4.78, 5) is 2.67. The maximum atomic E-state index is 5.32. The van der Waals surface area contributed by atoms with Crippen molar-refractivity contribution in [2.45, 2.75) is 12.5 Å². The van der Waals surface area contributed by atoms with Gasteiger partial charge in [0.25, 0.3) is 0 Å². The van der Waals surface area contributed by atoms with Crippen LogP contribution >= 0.6 is 11.8 Å². The molecule has 0 bridgehead atoms. The van der Waals surface area contributed by atoms with E-state index in [9.17, 15) is 0 Å². The Labute approximate surface area is 48.3 Å². The molecule has 1 aliphatic rings. The van der Waals surface area contributed by atoms with Crippen LogP contribution in [0.4, 0.5) is 0 Å². The highest BCUT2D eigenvalue weighted by Crippen LogP contribution is 1.96. The Morgan fingerprint density at radius 2 is 2.57 bits per heavy atom. The Morgan fingerprint density at radius 1 is 1.71 bits per heavy atom. The third kappa shape index (κ3) is 1.30. The lowest BCUT2D eigenvalue weighted by Crippen LogP contribution is -2.22. The molecule has 7 heavy (non-hydrogen) atoms. The molecule has 0 saturated carbocycles. The highest BCUT2D eigenvalue weighted by molar-refractivity contribution is 6.13. The van der Waals surface area contributed by atoms with Gasteiger partial charge < -0.3 is 5.32 Å². The number of nitrogens with one attached hydrogen (secondary N) is 2. The average Bonchev–Trinajstić information content (AvgIpc) is 2.14. The topological polar surface area (TPSA) is 24.1 Å². The standard InChI is InChI=1S/C4H9ClN2/c5-7-4-1-2-6-3-4/h4,6-7H,1-3H2/t4-/m1/s1. The molecule has 0 spiro atoms. The van der Waals surface area contributed by atoms with Crippen LogP contribution < -0.4 is 10.2 Å². The molecule has 1 saturated heterocycles. The van der Waals surface area contributed by atoms with Crippen LogP contribution in [-0.4, -0.2) is 19.1 Å². The monoisotopic (exact) mass is 120 g/mol. The molecule has 0 aromatic heterocycles. The van der Waals surface area contributed by atoms with Gasteiger partial charge in [0, 0.05) is 12.6 Å². The minimum absolute atomic E-state index is 0.502. The van der Waals surface area contributed by atoms with Crippen LogP contribution in [0.1, 0.15) is 6.42 Å². The molecule has 1 aliphatic heterocycles. The molecule has 0 aromatic carbocycles. The van der Waals surface area contributed by atoms with Crippen molar-refractivity contribution in [3.63, 3.8) is 0 Å². The first-order valence-corrected chi connectivity index (χ1v) is 2.88. The second-order valence-corrected chi connectivity index (χ2v) is 2.02. The molecule has 2 N–H and O–H groups in total. The molecule has 3 heteroatoms. The maximum absolute atomic E-state index is 5.32. The highest BCUT2D eigenvalue weighted by Gasteiger charge is 2.10. The second-order valence-electron chi connectivity index (χ2n) is 1.80. The van der Waals surface area contributed by atoms with E-state index in [1.807, 2.05) is 0 Å². The van der Waals surface area contributed by atoms with E-state index < -0.39 is 0 Å². The van der Waals surface area contributed by atoms with Gasteiger partial charge in [-0.25, -0.2) is 4.84 Å². The number of rotatable bonds is 1. The van der Waals surface area contributed by atoms with Crippen LogP contribution in [0, 0.1) is 0 Å². The summed E-state index contributed by atoms with van der Waals surface area (Å²) in [6.45, 7) is 2.12. The third-order valence-electron chi connectivity index (χ3n) is 1.21. The zero-order valence-corrected chi connectivity index (χ0v) is 4.83. The lowest BCUT2D eigenvalue weighted by Gasteiger charge is -1.99. The molecule has 0 aromatic rings. The summed E-state index contributed by atoms with van der Waals surface area (Å²) >= 11 is 5.32. The fourth-order valence-corrected chi connectivity index (χ4v) is 0.934. The molecule has 1 rings (SSSR count). The van der Waals surface area contributed by atoms with Crippen molar-refractivity contribution >= 4 is 11.8 Å². The van der Waals surface area contributed by atoms with Crippen LogP contribution in [0.25, 0.3) is 0 Å². The summed E-state index contributed by atoms with van der Waals surface area (Å²) in [6, 6.07) is 0.502. The van der Waals surface area contributed by atoms with Crippen molar-refractivity contribution < 1.29 is 0 Å². The van der Waals surface area contributed by atoms with Crippen LogP contribution in [0.15, 0.2) is 0 Å². The van der Waals surface area contributed by atoms with E-state index in [-0.39, 0.29) is 0 Å². The SMILES string of the molecule is ClN[C@@H]1CCNC1. The fraction of sp³-hybridized carbons (Fsp3) is 1.00. The Bertz CT molecular complexity index is 51.7. The Hall–Kier alpha value is 0.210. The van der Waals surface area contributed by atoms with Gasteiger partial charge in [0.15, 0.2) is 0 Å². The molecule has 0 aliphatic carbocycles. The molecule has 42 valence electrons. The van der Waals surface area contributed by atoms with E-state index >= 15 is 0 Å². The van der Waals surface area contributed by atoms with Crippen molar-refractivity contribution in [2.24, 2.45) is 0 Å². The van der Waals surface area contributed by atoms with Crippen LogP contribution in [0.5, 0.6) is 0 Å². The molecule has 0 amide bonds. The summed E-state index contributed by atoms with van der Waals surface area (Å²) in [6.07, 6.45) is 1.16. The minimum atomic E-state index is 0.502. The first-order valence-electron chi connectivity index (χ1n) is 2.50. The largest absolute Gasteiger partial charge is 0.315 e. The summed E-state index contributed by atoms with van der Waals surface area (Å²) in [7, 11) is 0. The van der Waals surface area contributed by atoms with Gasteiger partial charge in [-0.2, -0.15) is 0 Å². The van der Waals surface area contributed by atoms with E-state index in [1.165, 1.54) is 0 Å². The predicted molar refractivity (Wildman–Crippen MR) is 30.3 cm³/mol. The first kappa shape index (κ1) is 5.35. The van der Waals surface area contributed by atoms with Crippen molar-refractivity contribution in [1.82, 2.24) is 10.2 Å². The van der Waals surface area contributed by atoms with E-state index in [2.05, 4.69) is 10.2 Å². The summed E-state index contributed by atoms with van der Waals surface area (Å²) in [5.74, 6) is 0. The van der Waals surface area contributed by atoms with Gasteiger partial charge in [-0.1, -0.05) is 0 Å².